The molecule has 3 nitrogen and oxygen atoms in total. The van der Waals surface area contributed by atoms with E-state index in [1.165, 1.54) is 17.9 Å². The number of carbonyl (C=O) groups is 1. The molecule has 0 aliphatic carbocycles. The zero-order valence-electron chi connectivity index (χ0n) is 10.1. The van der Waals surface area contributed by atoms with Crippen LogP contribution in [-0.2, 0) is 0 Å². The van der Waals surface area contributed by atoms with Crippen molar-refractivity contribution in [2.45, 2.75) is 6.42 Å². The molecule has 0 bridgehead atoms. The van der Waals surface area contributed by atoms with Crippen LogP contribution in [0.3, 0.4) is 0 Å². The van der Waals surface area contributed by atoms with Crippen molar-refractivity contribution in [1.29, 1.82) is 0 Å². The van der Waals surface area contributed by atoms with E-state index in [2.05, 4.69) is 10.3 Å². The van der Waals surface area contributed by atoms with Crippen LogP contribution in [-0.4, -0.2) is 28.9 Å². The fourth-order valence-electron chi connectivity index (χ4n) is 2.28. The Labute approximate surface area is 110 Å². The third-order valence-corrected chi connectivity index (χ3v) is 4.62. The number of hydrogen-bond acceptors (Lipinski definition) is 2. The standard InChI is InChI=1S/C14H16N2OS/c17-14(16-8-10-4-6-18-9-10)12-1-2-13-11(7-12)3-5-15-13/h1-3,5,7,10,15H,4,6,8-9H2,(H,16,17). The topological polar surface area (TPSA) is 44.9 Å². The van der Waals surface area contributed by atoms with Crippen LogP contribution in [0.15, 0.2) is 30.5 Å². The first-order chi connectivity index (χ1) is 8.83. The monoisotopic (exact) mass is 260 g/mol. The predicted octanol–water partition coefficient (Wildman–Crippen LogP) is 2.65. The molecule has 1 amide bonds. The van der Waals surface area contributed by atoms with Crippen LogP contribution in [0.25, 0.3) is 10.9 Å². The number of benzene rings is 1. The summed E-state index contributed by atoms with van der Waals surface area (Å²) in [6, 6.07) is 7.75. The molecular formula is C14H16N2OS. The van der Waals surface area contributed by atoms with Crippen LogP contribution in [0.5, 0.6) is 0 Å². The van der Waals surface area contributed by atoms with Gasteiger partial charge in [-0.3, -0.25) is 4.79 Å². The van der Waals surface area contributed by atoms with Crippen molar-refractivity contribution in [2.75, 3.05) is 18.1 Å². The normalized spacial score (nSPS) is 19.2. The van der Waals surface area contributed by atoms with Crippen molar-refractivity contribution in [3.63, 3.8) is 0 Å². The molecule has 0 radical (unpaired) electrons. The van der Waals surface area contributed by atoms with Crippen LogP contribution in [0.1, 0.15) is 16.8 Å². The van der Waals surface area contributed by atoms with Crippen LogP contribution >= 0.6 is 11.8 Å². The van der Waals surface area contributed by atoms with Crippen molar-refractivity contribution in [3.8, 4) is 0 Å². The third kappa shape index (κ3) is 2.38. The molecule has 1 aromatic heterocycles. The number of rotatable bonds is 3. The van der Waals surface area contributed by atoms with Gasteiger partial charge in [-0.05, 0) is 48.1 Å². The van der Waals surface area contributed by atoms with Crippen molar-refractivity contribution in [2.24, 2.45) is 5.92 Å². The summed E-state index contributed by atoms with van der Waals surface area (Å²) in [4.78, 5) is 15.2. The summed E-state index contributed by atoms with van der Waals surface area (Å²) in [5.74, 6) is 3.09. The van der Waals surface area contributed by atoms with Gasteiger partial charge in [-0.15, -0.1) is 0 Å². The average molecular weight is 260 g/mol. The van der Waals surface area contributed by atoms with Crippen molar-refractivity contribution < 1.29 is 4.79 Å². The van der Waals surface area contributed by atoms with Crippen LogP contribution < -0.4 is 5.32 Å². The van der Waals surface area contributed by atoms with E-state index in [4.69, 9.17) is 0 Å². The Morgan fingerprint density at radius 1 is 1.44 bits per heavy atom. The van der Waals surface area contributed by atoms with E-state index in [0.29, 0.717) is 5.92 Å². The van der Waals surface area contributed by atoms with E-state index in [0.717, 1.165) is 23.0 Å². The minimum atomic E-state index is 0.0370. The van der Waals surface area contributed by atoms with Crippen molar-refractivity contribution in [1.82, 2.24) is 10.3 Å². The van der Waals surface area contributed by atoms with Gasteiger partial charge in [-0.2, -0.15) is 11.8 Å². The Hall–Kier alpha value is -1.42. The second-order valence-electron chi connectivity index (χ2n) is 4.72. The van der Waals surface area contributed by atoms with Gasteiger partial charge in [0.2, 0.25) is 0 Å². The molecule has 2 N–H and O–H groups in total. The Morgan fingerprint density at radius 2 is 2.39 bits per heavy atom. The Balaban J connectivity index is 1.67. The summed E-state index contributed by atoms with van der Waals surface area (Å²) < 4.78 is 0. The second kappa shape index (κ2) is 5.06. The quantitative estimate of drug-likeness (QED) is 0.891. The van der Waals surface area contributed by atoms with Gasteiger partial charge in [-0.25, -0.2) is 0 Å². The SMILES string of the molecule is O=C(NCC1CCSC1)c1ccc2[nH]ccc2c1. The molecular weight excluding hydrogens is 244 g/mol. The molecule has 0 spiro atoms. The molecule has 4 heteroatoms. The Kier molecular flexibility index (Phi) is 3.28. The summed E-state index contributed by atoms with van der Waals surface area (Å²) in [6.07, 6.45) is 3.11. The van der Waals surface area contributed by atoms with Gasteiger partial charge in [0.15, 0.2) is 0 Å². The molecule has 1 aliphatic rings. The summed E-state index contributed by atoms with van der Waals surface area (Å²) in [5.41, 5.74) is 1.81. The molecule has 1 fully saturated rings. The molecule has 2 heterocycles. The third-order valence-electron chi connectivity index (χ3n) is 3.39. The summed E-state index contributed by atoms with van der Waals surface area (Å²) in [7, 11) is 0. The molecule has 18 heavy (non-hydrogen) atoms. The lowest BCUT2D eigenvalue weighted by molar-refractivity contribution is 0.0948. The highest BCUT2D eigenvalue weighted by Gasteiger charge is 2.16. The van der Waals surface area contributed by atoms with Gasteiger partial charge in [-0.1, -0.05) is 0 Å². The molecule has 0 saturated carbocycles. The first-order valence-corrected chi connectivity index (χ1v) is 7.41. The maximum Gasteiger partial charge on any atom is 0.251 e. The molecule has 94 valence electrons. The Bertz CT molecular complexity index is 558. The number of carbonyl (C=O) groups excluding carboxylic acids is 1. The number of aromatic amines is 1. The van der Waals surface area contributed by atoms with Crippen LogP contribution in [0, 0.1) is 5.92 Å². The molecule has 1 unspecified atom stereocenters. The highest BCUT2D eigenvalue weighted by Crippen LogP contribution is 2.22. The minimum Gasteiger partial charge on any atom is -0.361 e. The number of hydrogen-bond donors (Lipinski definition) is 2. The second-order valence-corrected chi connectivity index (χ2v) is 5.87. The van der Waals surface area contributed by atoms with Gasteiger partial charge in [0.05, 0.1) is 0 Å². The average Bonchev–Trinajstić information content (AvgIpc) is 3.05. The number of fused-ring (bicyclic) bond motifs is 1. The Morgan fingerprint density at radius 3 is 3.22 bits per heavy atom. The van der Waals surface area contributed by atoms with Gasteiger partial charge >= 0.3 is 0 Å². The maximum absolute atomic E-state index is 12.0. The maximum atomic E-state index is 12.0. The van der Waals surface area contributed by atoms with Gasteiger partial charge in [0.25, 0.3) is 5.91 Å². The number of nitrogens with one attached hydrogen (secondary N) is 2. The fraction of sp³-hybridized carbons (Fsp3) is 0.357. The highest BCUT2D eigenvalue weighted by molar-refractivity contribution is 7.99. The number of aromatic nitrogens is 1. The minimum absolute atomic E-state index is 0.0370. The fourth-order valence-corrected chi connectivity index (χ4v) is 3.56. The lowest BCUT2D eigenvalue weighted by atomic mass is 10.1. The molecule has 1 aromatic carbocycles. The van der Waals surface area contributed by atoms with Crippen molar-refractivity contribution in [3.05, 3.63) is 36.0 Å². The van der Waals surface area contributed by atoms with E-state index in [1.54, 1.807) is 0 Å². The van der Waals surface area contributed by atoms with Crippen LogP contribution in [0.4, 0.5) is 0 Å². The van der Waals surface area contributed by atoms with Crippen molar-refractivity contribution >= 4 is 28.6 Å². The molecule has 1 saturated heterocycles. The molecule has 3 rings (SSSR count). The summed E-state index contributed by atoms with van der Waals surface area (Å²) in [5, 5.41) is 4.12. The van der Waals surface area contributed by atoms with Gasteiger partial charge < -0.3 is 10.3 Å². The zero-order chi connectivity index (χ0) is 12.4. The number of amides is 1. The van der Waals surface area contributed by atoms with E-state index in [9.17, 15) is 4.79 Å². The first-order valence-electron chi connectivity index (χ1n) is 6.26. The van der Waals surface area contributed by atoms with E-state index < -0.39 is 0 Å². The highest BCUT2D eigenvalue weighted by atomic mass is 32.2. The van der Waals surface area contributed by atoms with E-state index >= 15 is 0 Å². The van der Waals surface area contributed by atoms with Gasteiger partial charge in [0, 0.05) is 29.2 Å². The molecule has 2 aromatic rings. The molecule has 1 atom stereocenters. The van der Waals surface area contributed by atoms with Gasteiger partial charge in [0.1, 0.15) is 0 Å². The predicted molar refractivity (Wildman–Crippen MR) is 76.1 cm³/mol. The largest absolute Gasteiger partial charge is 0.361 e. The smallest absolute Gasteiger partial charge is 0.251 e. The lowest BCUT2D eigenvalue weighted by Crippen LogP contribution is -2.29. The summed E-state index contributed by atoms with van der Waals surface area (Å²) >= 11 is 1.98. The first kappa shape index (κ1) is 11.7. The number of thioether (sulfide) groups is 1. The van der Waals surface area contributed by atoms with E-state index in [1.807, 2.05) is 42.2 Å². The lowest BCUT2D eigenvalue weighted by Gasteiger charge is -2.10. The van der Waals surface area contributed by atoms with E-state index in [-0.39, 0.29) is 5.91 Å². The van der Waals surface area contributed by atoms with Crippen LogP contribution in [0.2, 0.25) is 0 Å². The summed E-state index contributed by atoms with van der Waals surface area (Å²) in [6.45, 7) is 0.803. The number of H-pyrrole nitrogens is 1. The zero-order valence-corrected chi connectivity index (χ0v) is 10.9. The molecule has 1 aliphatic heterocycles.